The molecule has 5 nitrogen and oxygen atoms in total. The maximum atomic E-state index is 13.9. The van der Waals surface area contributed by atoms with Crippen LogP contribution in [0.2, 0.25) is 0 Å². The van der Waals surface area contributed by atoms with Gasteiger partial charge >= 0.3 is 6.03 Å². The van der Waals surface area contributed by atoms with E-state index in [0.29, 0.717) is 25.3 Å². The van der Waals surface area contributed by atoms with Gasteiger partial charge in [-0.05, 0) is 24.6 Å². The number of carbonyl (C=O) groups excluding carboxylic acids is 1. The number of pyridine rings is 1. The van der Waals surface area contributed by atoms with Gasteiger partial charge in [0.15, 0.2) is 0 Å². The predicted molar refractivity (Wildman–Crippen MR) is 87.8 cm³/mol. The van der Waals surface area contributed by atoms with Gasteiger partial charge in [0.1, 0.15) is 11.9 Å². The number of benzene rings is 1. The average Bonchev–Trinajstić information content (AvgIpc) is 2.63. The molecule has 0 radical (unpaired) electrons. The first-order valence-corrected chi connectivity index (χ1v) is 7.96. The number of hydrogen-bond acceptors (Lipinski definition) is 3. The third kappa shape index (κ3) is 3.71. The SMILES string of the molecule is CC(NC(=O)N1CCOC(c2ccccc2F)C1)c1cccnc1. The summed E-state index contributed by atoms with van der Waals surface area (Å²) in [7, 11) is 0. The minimum absolute atomic E-state index is 0.152. The fraction of sp³-hybridized carbons (Fsp3) is 0.333. The number of hydrogen-bond donors (Lipinski definition) is 1. The van der Waals surface area contributed by atoms with Gasteiger partial charge in [-0.15, -0.1) is 0 Å². The second kappa shape index (κ2) is 7.40. The van der Waals surface area contributed by atoms with Crippen LogP contribution in [0.25, 0.3) is 0 Å². The molecule has 24 heavy (non-hydrogen) atoms. The summed E-state index contributed by atoms with van der Waals surface area (Å²) in [4.78, 5) is 18.2. The molecule has 1 N–H and O–H groups in total. The number of carbonyl (C=O) groups is 1. The molecule has 2 atom stereocenters. The highest BCUT2D eigenvalue weighted by Gasteiger charge is 2.27. The molecular formula is C18H20FN3O2. The molecule has 0 spiro atoms. The number of aromatic nitrogens is 1. The van der Waals surface area contributed by atoms with Crippen LogP contribution in [0.5, 0.6) is 0 Å². The van der Waals surface area contributed by atoms with E-state index in [9.17, 15) is 9.18 Å². The van der Waals surface area contributed by atoms with Crippen molar-refractivity contribution < 1.29 is 13.9 Å². The van der Waals surface area contributed by atoms with Crippen molar-refractivity contribution in [2.45, 2.75) is 19.1 Å². The zero-order chi connectivity index (χ0) is 16.9. The maximum Gasteiger partial charge on any atom is 0.318 e. The first kappa shape index (κ1) is 16.4. The van der Waals surface area contributed by atoms with Gasteiger partial charge < -0.3 is 15.0 Å². The lowest BCUT2D eigenvalue weighted by molar-refractivity contribution is -0.0174. The van der Waals surface area contributed by atoms with E-state index in [2.05, 4.69) is 10.3 Å². The Labute approximate surface area is 140 Å². The lowest BCUT2D eigenvalue weighted by Gasteiger charge is -2.34. The Hall–Kier alpha value is -2.47. The highest BCUT2D eigenvalue weighted by Crippen LogP contribution is 2.24. The molecular weight excluding hydrogens is 309 g/mol. The second-order valence-electron chi connectivity index (χ2n) is 5.78. The zero-order valence-corrected chi connectivity index (χ0v) is 13.5. The van der Waals surface area contributed by atoms with Crippen LogP contribution < -0.4 is 5.32 Å². The summed E-state index contributed by atoms with van der Waals surface area (Å²) >= 11 is 0. The van der Waals surface area contributed by atoms with Crippen molar-refractivity contribution in [3.63, 3.8) is 0 Å². The fourth-order valence-corrected chi connectivity index (χ4v) is 2.75. The molecule has 0 aliphatic carbocycles. The Morgan fingerprint density at radius 1 is 1.38 bits per heavy atom. The molecule has 0 bridgehead atoms. The highest BCUT2D eigenvalue weighted by molar-refractivity contribution is 5.74. The number of halogens is 1. The molecule has 2 amide bonds. The molecule has 1 aromatic carbocycles. The van der Waals surface area contributed by atoms with Crippen molar-refractivity contribution in [3.8, 4) is 0 Å². The Balaban J connectivity index is 1.64. The van der Waals surface area contributed by atoms with Crippen molar-refractivity contribution in [1.29, 1.82) is 0 Å². The van der Waals surface area contributed by atoms with Gasteiger partial charge in [0.25, 0.3) is 0 Å². The van der Waals surface area contributed by atoms with Crippen molar-refractivity contribution in [3.05, 3.63) is 65.7 Å². The molecule has 1 aliphatic rings. The van der Waals surface area contributed by atoms with Gasteiger partial charge in [-0.1, -0.05) is 24.3 Å². The Kier molecular flexibility index (Phi) is 5.05. The summed E-state index contributed by atoms with van der Waals surface area (Å²) in [5.74, 6) is -0.312. The largest absolute Gasteiger partial charge is 0.370 e. The summed E-state index contributed by atoms with van der Waals surface area (Å²) in [6.07, 6.45) is 2.98. The molecule has 1 aliphatic heterocycles. The fourth-order valence-electron chi connectivity index (χ4n) is 2.75. The summed E-state index contributed by atoms with van der Waals surface area (Å²) in [5.41, 5.74) is 1.42. The number of nitrogens with zero attached hydrogens (tertiary/aromatic N) is 2. The second-order valence-corrected chi connectivity index (χ2v) is 5.78. The molecule has 1 fully saturated rings. The smallest absolute Gasteiger partial charge is 0.318 e. The maximum absolute atomic E-state index is 13.9. The molecule has 2 unspecified atom stereocenters. The lowest BCUT2D eigenvalue weighted by atomic mass is 10.1. The van der Waals surface area contributed by atoms with E-state index in [1.54, 1.807) is 35.5 Å². The van der Waals surface area contributed by atoms with Crippen molar-refractivity contribution in [2.75, 3.05) is 19.7 Å². The number of amides is 2. The number of nitrogens with one attached hydrogen (secondary N) is 1. The number of morpholine rings is 1. The lowest BCUT2D eigenvalue weighted by Crippen LogP contribution is -2.47. The van der Waals surface area contributed by atoms with E-state index >= 15 is 0 Å². The van der Waals surface area contributed by atoms with Gasteiger partial charge in [0.05, 0.1) is 19.2 Å². The van der Waals surface area contributed by atoms with Crippen molar-refractivity contribution in [2.24, 2.45) is 0 Å². The first-order chi connectivity index (χ1) is 11.6. The van der Waals surface area contributed by atoms with Crippen LogP contribution in [0.15, 0.2) is 48.8 Å². The van der Waals surface area contributed by atoms with E-state index in [1.165, 1.54) is 6.07 Å². The molecule has 2 heterocycles. The van der Waals surface area contributed by atoms with Gasteiger partial charge in [-0.2, -0.15) is 0 Å². The summed E-state index contributed by atoms with van der Waals surface area (Å²) < 4.78 is 19.6. The highest BCUT2D eigenvalue weighted by atomic mass is 19.1. The average molecular weight is 329 g/mol. The molecule has 126 valence electrons. The van der Waals surface area contributed by atoms with Crippen LogP contribution in [0, 0.1) is 5.82 Å². The van der Waals surface area contributed by atoms with Crippen LogP contribution in [-0.4, -0.2) is 35.6 Å². The third-order valence-electron chi connectivity index (χ3n) is 4.13. The van der Waals surface area contributed by atoms with Crippen LogP contribution in [0.4, 0.5) is 9.18 Å². The van der Waals surface area contributed by atoms with Crippen LogP contribution in [-0.2, 0) is 4.74 Å². The minimum Gasteiger partial charge on any atom is -0.370 e. The number of rotatable bonds is 3. The summed E-state index contributed by atoms with van der Waals surface area (Å²) in [6, 6.07) is 9.92. The summed E-state index contributed by atoms with van der Waals surface area (Å²) in [5, 5.41) is 2.95. The molecule has 1 saturated heterocycles. The van der Waals surface area contributed by atoms with Gasteiger partial charge in [-0.25, -0.2) is 9.18 Å². The Bertz CT molecular complexity index is 696. The molecule has 2 aromatic rings. The quantitative estimate of drug-likeness (QED) is 0.941. The Morgan fingerprint density at radius 3 is 2.96 bits per heavy atom. The van der Waals surface area contributed by atoms with Crippen LogP contribution in [0.3, 0.4) is 0 Å². The van der Waals surface area contributed by atoms with E-state index in [4.69, 9.17) is 4.74 Å². The third-order valence-corrected chi connectivity index (χ3v) is 4.13. The van der Waals surface area contributed by atoms with Crippen molar-refractivity contribution >= 4 is 6.03 Å². The van der Waals surface area contributed by atoms with E-state index in [1.807, 2.05) is 19.1 Å². The normalized spacial score (nSPS) is 18.9. The van der Waals surface area contributed by atoms with E-state index in [-0.39, 0.29) is 17.9 Å². The van der Waals surface area contributed by atoms with E-state index < -0.39 is 6.10 Å². The van der Waals surface area contributed by atoms with Crippen molar-refractivity contribution in [1.82, 2.24) is 15.2 Å². The van der Waals surface area contributed by atoms with Gasteiger partial charge in [0, 0.05) is 24.5 Å². The summed E-state index contributed by atoms with van der Waals surface area (Å²) in [6.45, 7) is 3.10. The predicted octanol–water partition coefficient (Wildman–Crippen LogP) is 3.06. The molecule has 3 rings (SSSR count). The monoisotopic (exact) mass is 329 g/mol. The first-order valence-electron chi connectivity index (χ1n) is 7.96. The molecule has 1 aromatic heterocycles. The van der Waals surface area contributed by atoms with E-state index in [0.717, 1.165) is 5.56 Å². The molecule has 0 saturated carbocycles. The molecule has 6 heteroatoms. The standard InChI is InChI=1S/C18H20FN3O2/c1-13(14-5-4-8-20-11-14)21-18(23)22-9-10-24-17(12-22)15-6-2-3-7-16(15)19/h2-8,11,13,17H,9-10,12H2,1H3,(H,21,23). The zero-order valence-electron chi connectivity index (χ0n) is 13.5. The minimum atomic E-state index is -0.445. The topological polar surface area (TPSA) is 54.5 Å². The number of urea groups is 1. The van der Waals surface area contributed by atoms with Crippen LogP contribution in [0.1, 0.15) is 30.2 Å². The number of ether oxygens (including phenoxy) is 1. The Morgan fingerprint density at radius 2 is 2.21 bits per heavy atom. The van der Waals surface area contributed by atoms with Crippen LogP contribution >= 0.6 is 0 Å². The van der Waals surface area contributed by atoms with Gasteiger partial charge in [-0.3, -0.25) is 4.98 Å². The van der Waals surface area contributed by atoms with Gasteiger partial charge in [0.2, 0.25) is 0 Å².